The lowest BCUT2D eigenvalue weighted by atomic mass is 9.85. The topological polar surface area (TPSA) is 52.7 Å². The van der Waals surface area contributed by atoms with Crippen molar-refractivity contribution in [2.24, 2.45) is 23.7 Å². The molecule has 0 radical (unpaired) electrons. The summed E-state index contributed by atoms with van der Waals surface area (Å²) in [5.74, 6) is 0.0207. The van der Waals surface area contributed by atoms with Crippen LogP contribution in [0, 0.1) is 23.7 Å². The average molecular weight is 235 g/mol. The van der Waals surface area contributed by atoms with E-state index in [0.717, 1.165) is 0 Å². The fourth-order valence-electron chi connectivity index (χ4n) is 3.58. The van der Waals surface area contributed by atoms with Crippen LogP contribution in [0.3, 0.4) is 0 Å². The van der Waals surface area contributed by atoms with E-state index in [2.05, 4.69) is 17.6 Å². The molecule has 17 heavy (non-hydrogen) atoms. The first-order chi connectivity index (χ1) is 8.02. The van der Waals surface area contributed by atoms with Crippen molar-refractivity contribution in [3.63, 3.8) is 0 Å². The molecule has 0 spiro atoms. The number of carbonyl (C=O) groups is 2. The molecule has 4 unspecified atom stereocenters. The highest BCUT2D eigenvalue weighted by molar-refractivity contribution is 6.06. The number of fused-ring (bicyclic) bond motifs is 5. The van der Waals surface area contributed by atoms with E-state index in [4.69, 9.17) is 0 Å². The first-order valence-corrected chi connectivity index (χ1v) is 5.95. The van der Waals surface area contributed by atoms with Gasteiger partial charge in [0.2, 0.25) is 11.8 Å². The van der Waals surface area contributed by atoms with Gasteiger partial charge in [-0.2, -0.15) is 0 Å². The molecule has 2 fully saturated rings. The molecule has 4 atom stereocenters. The highest BCUT2D eigenvalue weighted by Gasteiger charge is 2.62. The molecule has 1 saturated heterocycles. The molecule has 2 amide bonds. The van der Waals surface area contributed by atoms with Crippen LogP contribution in [0.1, 0.15) is 0 Å². The molecule has 0 aromatic heterocycles. The maximum absolute atomic E-state index is 12.0. The quantitative estimate of drug-likeness (QED) is 0.397. The van der Waals surface area contributed by atoms with Gasteiger partial charge in [-0.1, -0.05) is 12.2 Å². The number of nitrogens with one attached hydrogen (secondary N) is 1. The van der Waals surface area contributed by atoms with Gasteiger partial charge in [-0.3, -0.25) is 24.9 Å². The zero-order valence-corrected chi connectivity index (χ0v) is 10.3. The summed E-state index contributed by atoms with van der Waals surface area (Å²) >= 11 is 0. The van der Waals surface area contributed by atoms with E-state index in [-0.39, 0.29) is 41.5 Å². The van der Waals surface area contributed by atoms with Crippen LogP contribution >= 0.6 is 0 Å². The zero-order valence-electron chi connectivity index (χ0n) is 10.3. The summed E-state index contributed by atoms with van der Waals surface area (Å²) in [5.41, 5.74) is 3.34. The summed E-state index contributed by atoms with van der Waals surface area (Å²) in [6, 6.07) is 0.196. The normalized spacial score (nSPS) is 43.1. The summed E-state index contributed by atoms with van der Waals surface area (Å²) in [6.45, 7) is 0. The van der Waals surface area contributed by atoms with Crippen molar-refractivity contribution in [3.05, 3.63) is 12.2 Å². The third kappa shape index (κ3) is 1.26. The van der Waals surface area contributed by atoms with Crippen LogP contribution in [0.4, 0.5) is 0 Å². The van der Waals surface area contributed by atoms with Crippen molar-refractivity contribution < 1.29 is 9.59 Å². The molecule has 3 rings (SSSR count). The molecule has 5 heteroatoms. The van der Waals surface area contributed by atoms with Crippen LogP contribution in [-0.2, 0) is 9.59 Å². The first kappa shape index (κ1) is 10.9. The van der Waals surface area contributed by atoms with Crippen LogP contribution in [0.5, 0.6) is 0 Å². The van der Waals surface area contributed by atoms with Gasteiger partial charge < -0.3 is 0 Å². The molecule has 5 nitrogen and oxygen atoms in total. The summed E-state index contributed by atoms with van der Waals surface area (Å²) in [4.78, 5) is 25.4. The number of hydrogen-bond acceptors (Lipinski definition) is 4. The predicted octanol–water partition coefficient (Wildman–Crippen LogP) is -0.532. The first-order valence-electron chi connectivity index (χ1n) is 5.95. The molecule has 3 aliphatic rings. The van der Waals surface area contributed by atoms with Crippen molar-refractivity contribution in [1.29, 1.82) is 0 Å². The van der Waals surface area contributed by atoms with Gasteiger partial charge in [-0.25, -0.2) is 0 Å². The molecule has 1 aliphatic heterocycles. The van der Waals surface area contributed by atoms with Crippen molar-refractivity contribution in [2.75, 3.05) is 21.1 Å². The second kappa shape index (κ2) is 3.40. The number of imide groups is 1. The Morgan fingerprint density at radius 3 is 2.00 bits per heavy atom. The van der Waals surface area contributed by atoms with E-state index in [0.29, 0.717) is 0 Å². The largest absolute Gasteiger partial charge is 0.285 e. The van der Waals surface area contributed by atoms with Crippen molar-refractivity contribution in [3.8, 4) is 0 Å². The van der Waals surface area contributed by atoms with E-state index in [9.17, 15) is 9.59 Å². The Balaban J connectivity index is 1.92. The molecule has 0 aromatic rings. The molecule has 1 N–H and O–H groups in total. The smallest absolute Gasteiger partial charge is 0.233 e. The van der Waals surface area contributed by atoms with Crippen LogP contribution < -0.4 is 5.43 Å². The highest BCUT2D eigenvalue weighted by Crippen LogP contribution is 2.52. The monoisotopic (exact) mass is 235 g/mol. The molecule has 2 bridgehead atoms. The Kier molecular flexibility index (Phi) is 2.18. The number of likely N-dealkylation sites (tertiary alicyclic amines) is 1. The summed E-state index contributed by atoms with van der Waals surface area (Å²) in [6.07, 6.45) is 4.19. The number of carbonyl (C=O) groups excluding carboxylic acids is 2. The number of nitrogens with zero attached hydrogens (tertiary/aromatic N) is 2. The fraction of sp³-hybridized carbons (Fsp3) is 0.667. The predicted molar refractivity (Wildman–Crippen MR) is 61.5 cm³/mol. The summed E-state index contributed by atoms with van der Waals surface area (Å²) in [7, 11) is 5.46. The third-order valence-corrected chi connectivity index (χ3v) is 4.24. The fourth-order valence-corrected chi connectivity index (χ4v) is 3.58. The molecule has 2 aliphatic carbocycles. The Hall–Kier alpha value is -1.20. The van der Waals surface area contributed by atoms with Crippen molar-refractivity contribution in [2.45, 2.75) is 6.04 Å². The number of rotatable bonds is 2. The van der Waals surface area contributed by atoms with Gasteiger partial charge in [-0.05, 0) is 0 Å². The molecular formula is C12H17N3O2. The van der Waals surface area contributed by atoms with E-state index in [1.54, 1.807) is 7.05 Å². The number of hydrazine groups is 1. The van der Waals surface area contributed by atoms with Crippen molar-refractivity contribution >= 4 is 11.8 Å². The van der Waals surface area contributed by atoms with Gasteiger partial charge in [0.05, 0.1) is 11.8 Å². The Morgan fingerprint density at radius 1 is 1.12 bits per heavy atom. The standard InChI is InChI=1S/C12H17N3O2/c1-14(2)13-10-6-4-5-7(10)9-8(6)11(16)15(3)12(9)17/h4-10,13H,1-3H3. The average Bonchev–Trinajstić information content (AvgIpc) is 2.86. The number of hydrogen-bond donors (Lipinski definition) is 1. The van der Waals surface area contributed by atoms with Gasteiger partial charge in [0.1, 0.15) is 0 Å². The van der Waals surface area contributed by atoms with E-state index < -0.39 is 0 Å². The third-order valence-electron chi connectivity index (χ3n) is 4.24. The second-order valence-electron chi connectivity index (χ2n) is 5.38. The summed E-state index contributed by atoms with van der Waals surface area (Å²) in [5, 5.41) is 1.90. The maximum atomic E-state index is 12.0. The molecule has 0 aromatic carbocycles. The van der Waals surface area contributed by atoms with Crippen LogP contribution in [0.25, 0.3) is 0 Å². The van der Waals surface area contributed by atoms with Gasteiger partial charge in [0, 0.05) is 39.0 Å². The molecule has 1 saturated carbocycles. The van der Waals surface area contributed by atoms with E-state index >= 15 is 0 Å². The molecule has 1 heterocycles. The van der Waals surface area contributed by atoms with E-state index in [1.807, 2.05) is 19.1 Å². The maximum Gasteiger partial charge on any atom is 0.233 e. The summed E-state index contributed by atoms with van der Waals surface area (Å²) < 4.78 is 0. The second-order valence-corrected chi connectivity index (χ2v) is 5.38. The Labute approximate surface area is 100 Å². The van der Waals surface area contributed by atoms with Crippen LogP contribution in [0.2, 0.25) is 0 Å². The lowest BCUT2D eigenvalue weighted by molar-refractivity contribution is -0.139. The number of amides is 2. The Bertz CT molecular complexity index is 386. The lowest BCUT2D eigenvalue weighted by Crippen LogP contribution is -2.45. The SMILES string of the molecule is CN(C)NC1C2C=CC1C1C(=O)N(C)C(=O)C21. The van der Waals surface area contributed by atoms with Gasteiger partial charge in [0.15, 0.2) is 0 Å². The minimum Gasteiger partial charge on any atom is -0.285 e. The van der Waals surface area contributed by atoms with Crippen LogP contribution in [0.15, 0.2) is 12.2 Å². The minimum atomic E-state index is -0.139. The lowest BCUT2D eigenvalue weighted by Gasteiger charge is -2.25. The zero-order chi connectivity index (χ0) is 12.3. The highest BCUT2D eigenvalue weighted by atomic mass is 16.2. The van der Waals surface area contributed by atoms with Gasteiger partial charge in [-0.15, -0.1) is 0 Å². The van der Waals surface area contributed by atoms with Crippen LogP contribution in [-0.4, -0.2) is 48.9 Å². The molecule has 92 valence electrons. The van der Waals surface area contributed by atoms with Gasteiger partial charge >= 0.3 is 0 Å². The Morgan fingerprint density at radius 2 is 1.59 bits per heavy atom. The van der Waals surface area contributed by atoms with E-state index in [1.165, 1.54) is 4.90 Å². The van der Waals surface area contributed by atoms with Gasteiger partial charge in [0.25, 0.3) is 0 Å². The minimum absolute atomic E-state index is 0.0117. The van der Waals surface area contributed by atoms with Crippen molar-refractivity contribution in [1.82, 2.24) is 15.3 Å². The molecular weight excluding hydrogens is 218 g/mol.